The molecule has 1 aromatic heterocycles. The molecule has 0 aliphatic rings. The second kappa shape index (κ2) is 5.44. The lowest BCUT2D eigenvalue weighted by atomic mass is 10.1. The highest BCUT2D eigenvalue weighted by molar-refractivity contribution is 9.09. The Morgan fingerprint density at radius 2 is 2.05 bits per heavy atom. The molecule has 1 atom stereocenters. The topological polar surface area (TPSA) is 54.9 Å². The van der Waals surface area contributed by atoms with Gasteiger partial charge in [-0.3, -0.25) is 0 Å². The van der Waals surface area contributed by atoms with Crippen LogP contribution in [0.15, 0.2) is 18.2 Å². The molecule has 0 aliphatic carbocycles. The number of benzene rings is 1. The molecule has 0 radical (unpaired) electrons. The maximum absolute atomic E-state index is 13.9. The number of para-hydroxylation sites is 1. The molecule has 1 unspecified atom stereocenters. The number of anilines is 1. The predicted molar refractivity (Wildman–Crippen MR) is 80.6 cm³/mol. The number of carbonyl (C=O) groups excluding carboxylic acids is 1. The quantitative estimate of drug-likeness (QED) is 0.685. The Morgan fingerprint density at radius 3 is 2.65 bits per heavy atom. The molecule has 0 spiro atoms. The molecule has 0 bridgehead atoms. The second-order valence-electron chi connectivity index (χ2n) is 5.49. The first-order valence-electron chi connectivity index (χ1n) is 6.15. The summed E-state index contributed by atoms with van der Waals surface area (Å²) in [6.07, 6.45) is 0.761. The first kappa shape index (κ1) is 14.8. The standard InChI is InChI=1S/C14H15BrFN3O/c1-14(2,3)19-13-12(16)17-10-6-4-5-8(9(15)7-20)11(10)18-13/h4-7,9H,1-3H3,(H,18,19). The first-order valence-corrected chi connectivity index (χ1v) is 7.07. The number of nitrogens with one attached hydrogen (secondary N) is 1. The number of fused-ring (bicyclic) bond motifs is 1. The minimum Gasteiger partial charge on any atom is -0.362 e. The van der Waals surface area contributed by atoms with Crippen LogP contribution in [0.1, 0.15) is 31.2 Å². The van der Waals surface area contributed by atoms with Crippen molar-refractivity contribution in [2.75, 3.05) is 5.32 Å². The van der Waals surface area contributed by atoms with Gasteiger partial charge >= 0.3 is 0 Å². The van der Waals surface area contributed by atoms with Gasteiger partial charge in [-0.1, -0.05) is 28.1 Å². The number of alkyl halides is 1. The summed E-state index contributed by atoms with van der Waals surface area (Å²) in [4.78, 5) is 18.7. The molecule has 0 fully saturated rings. The zero-order valence-electron chi connectivity index (χ0n) is 11.4. The van der Waals surface area contributed by atoms with Crippen LogP contribution < -0.4 is 5.32 Å². The van der Waals surface area contributed by atoms with Crippen molar-refractivity contribution in [3.05, 3.63) is 29.7 Å². The van der Waals surface area contributed by atoms with Crippen LogP contribution in [0.4, 0.5) is 10.2 Å². The van der Waals surface area contributed by atoms with Crippen LogP contribution in [0.5, 0.6) is 0 Å². The van der Waals surface area contributed by atoms with E-state index in [2.05, 4.69) is 31.2 Å². The van der Waals surface area contributed by atoms with Crippen LogP contribution in [0.3, 0.4) is 0 Å². The lowest BCUT2D eigenvalue weighted by Crippen LogP contribution is -2.27. The monoisotopic (exact) mass is 339 g/mol. The van der Waals surface area contributed by atoms with Gasteiger partial charge in [0.2, 0.25) is 0 Å². The van der Waals surface area contributed by atoms with E-state index in [1.165, 1.54) is 0 Å². The fraction of sp³-hybridized carbons (Fsp3) is 0.357. The Labute approximate surface area is 124 Å². The molecular formula is C14H15BrFN3O. The third-order valence-electron chi connectivity index (χ3n) is 2.59. The maximum atomic E-state index is 13.9. The van der Waals surface area contributed by atoms with Crippen molar-refractivity contribution >= 4 is 39.1 Å². The second-order valence-corrected chi connectivity index (χ2v) is 6.48. The third-order valence-corrected chi connectivity index (χ3v) is 3.30. The van der Waals surface area contributed by atoms with Crippen molar-refractivity contribution in [1.82, 2.24) is 9.97 Å². The minimum atomic E-state index is -0.651. The van der Waals surface area contributed by atoms with Gasteiger partial charge in [-0.15, -0.1) is 0 Å². The van der Waals surface area contributed by atoms with Crippen molar-refractivity contribution in [1.29, 1.82) is 0 Å². The molecule has 1 N–H and O–H groups in total. The van der Waals surface area contributed by atoms with Gasteiger partial charge in [0, 0.05) is 11.1 Å². The van der Waals surface area contributed by atoms with Crippen LogP contribution in [-0.4, -0.2) is 21.8 Å². The summed E-state index contributed by atoms with van der Waals surface area (Å²) in [5, 5.41) is 2.97. The third kappa shape index (κ3) is 3.12. The van der Waals surface area contributed by atoms with Crippen LogP contribution >= 0.6 is 15.9 Å². The lowest BCUT2D eigenvalue weighted by Gasteiger charge is -2.21. The predicted octanol–water partition coefficient (Wildman–Crippen LogP) is 3.61. The van der Waals surface area contributed by atoms with Gasteiger partial charge in [-0.25, -0.2) is 9.97 Å². The van der Waals surface area contributed by atoms with E-state index in [4.69, 9.17) is 0 Å². The average Bonchev–Trinajstić information content (AvgIpc) is 2.36. The normalized spacial score (nSPS) is 13.2. The van der Waals surface area contributed by atoms with Crippen LogP contribution in [0.2, 0.25) is 0 Å². The molecule has 1 heterocycles. The summed E-state index contributed by atoms with van der Waals surface area (Å²) in [5.74, 6) is -0.565. The van der Waals surface area contributed by atoms with E-state index in [1.807, 2.05) is 20.8 Å². The summed E-state index contributed by atoms with van der Waals surface area (Å²) >= 11 is 3.26. The van der Waals surface area contributed by atoms with Gasteiger partial charge < -0.3 is 10.1 Å². The maximum Gasteiger partial charge on any atom is 0.256 e. The highest BCUT2D eigenvalue weighted by Gasteiger charge is 2.18. The van der Waals surface area contributed by atoms with Crippen molar-refractivity contribution in [3.63, 3.8) is 0 Å². The van der Waals surface area contributed by atoms with Crippen LogP contribution in [0.25, 0.3) is 11.0 Å². The highest BCUT2D eigenvalue weighted by Crippen LogP contribution is 2.28. The number of hydrogen-bond donors (Lipinski definition) is 1. The first-order chi connectivity index (χ1) is 9.31. The number of aromatic nitrogens is 2. The van der Waals surface area contributed by atoms with Gasteiger partial charge in [-0.05, 0) is 26.8 Å². The molecule has 2 rings (SSSR count). The number of nitrogens with zero attached hydrogens (tertiary/aromatic N) is 2. The molecule has 4 nitrogen and oxygen atoms in total. The van der Waals surface area contributed by atoms with E-state index in [-0.39, 0.29) is 11.4 Å². The van der Waals surface area contributed by atoms with Crippen LogP contribution in [0, 0.1) is 5.95 Å². The molecule has 20 heavy (non-hydrogen) atoms. The van der Waals surface area contributed by atoms with E-state index in [9.17, 15) is 9.18 Å². The molecule has 0 aliphatic heterocycles. The number of halogens is 2. The minimum absolute atomic E-state index is 0.0862. The Bertz CT molecular complexity index is 655. The summed E-state index contributed by atoms with van der Waals surface area (Å²) in [6, 6.07) is 5.16. The van der Waals surface area contributed by atoms with E-state index < -0.39 is 10.8 Å². The lowest BCUT2D eigenvalue weighted by molar-refractivity contribution is -0.107. The molecule has 6 heteroatoms. The zero-order valence-corrected chi connectivity index (χ0v) is 13.0. The largest absolute Gasteiger partial charge is 0.362 e. The van der Waals surface area contributed by atoms with E-state index in [0.29, 0.717) is 16.6 Å². The van der Waals surface area contributed by atoms with Gasteiger partial charge in [0.25, 0.3) is 5.95 Å². The van der Waals surface area contributed by atoms with Crippen molar-refractivity contribution in [3.8, 4) is 0 Å². The highest BCUT2D eigenvalue weighted by atomic mass is 79.9. The van der Waals surface area contributed by atoms with Gasteiger partial charge in [0.15, 0.2) is 5.82 Å². The smallest absolute Gasteiger partial charge is 0.256 e. The summed E-state index contributed by atoms with van der Waals surface area (Å²) < 4.78 is 13.9. The molecule has 1 aromatic carbocycles. The molecule has 0 saturated carbocycles. The number of rotatable bonds is 3. The summed E-state index contributed by atoms with van der Waals surface area (Å²) in [6.45, 7) is 5.72. The molecular weight excluding hydrogens is 325 g/mol. The zero-order chi connectivity index (χ0) is 14.9. The number of aldehydes is 1. The van der Waals surface area contributed by atoms with Gasteiger partial charge in [0.1, 0.15) is 6.29 Å². The molecule has 106 valence electrons. The molecule has 0 saturated heterocycles. The number of hydrogen-bond acceptors (Lipinski definition) is 4. The van der Waals surface area contributed by atoms with Crippen molar-refractivity contribution in [2.45, 2.75) is 31.1 Å². The fourth-order valence-corrected chi connectivity index (χ4v) is 2.18. The SMILES string of the molecule is CC(C)(C)Nc1nc2c(C(Br)C=O)cccc2nc1F. The van der Waals surface area contributed by atoms with Crippen molar-refractivity contribution in [2.24, 2.45) is 0 Å². The van der Waals surface area contributed by atoms with E-state index in [0.717, 1.165) is 6.29 Å². The van der Waals surface area contributed by atoms with Crippen LogP contribution in [-0.2, 0) is 4.79 Å². The van der Waals surface area contributed by atoms with Gasteiger partial charge in [-0.2, -0.15) is 4.39 Å². The fourth-order valence-electron chi connectivity index (χ4n) is 1.81. The Morgan fingerprint density at radius 1 is 1.35 bits per heavy atom. The number of carbonyl (C=O) groups is 1. The average molecular weight is 340 g/mol. The summed E-state index contributed by atoms with van der Waals surface area (Å²) in [5.41, 5.74) is 1.26. The van der Waals surface area contributed by atoms with E-state index in [1.54, 1.807) is 18.2 Å². The summed E-state index contributed by atoms with van der Waals surface area (Å²) in [7, 11) is 0. The van der Waals surface area contributed by atoms with Crippen molar-refractivity contribution < 1.29 is 9.18 Å². The Balaban J connectivity index is 2.63. The van der Waals surface area contributed by atoms with E-state index >= 15 is 0 Å². The van der Waals surface area contributed by atoms with Gasteiger partial charge in [0.05, 0.1) is 15.9 Å². The Kier molecular flexibility index (Phi) is 4.04. The Hall–Kier alpha value is -1.56. The molecule has 2 aromatic rings. The molecule has 0 amide bonds.